The molecule has 6 heteroatoms. The van der Waals surface area contributed by atoms with Gasteiger partial charge >= 0.3 is 11.8 Å². The highest BCUT2D eigenvalue weighted by Crippen LogP contribution is 1.94. The highest BCUT2D eigenvalue weighted by molar-refractivity contribution is 6.35. The lowest BCUT2D eigenvalue weighted by molar-refractivity contribution is -0.146. The highest BCUT2D eigenvalue weighted by atomic mass is 16.3. The molecule has 6 nitrogen and oxygen atoms in total. The van der Waals surface area contributed by atoms with Gasteiger partial charge in [-0.15, -0.1) is 0 Å². The predicted molar refractivity (Wildman–Crippen MR) is 51.4 cm³/mol. The van der Waals surface area contributed by atoms with Gasteiger partial charge < -0.3 is 21.1 Å². The van der Waals surface area contributed by atoms with Crippen molar-refractivity contribution in [1.82, 2.24) is 10.2 Å². The zero-order valence-electron chi connectivity index (χ0n) is 8.49. The Morgan fingerprint density at radius 1 is 1.57 bits per heavy atom. The fraction of sp³-hybridized carbons (Fsp3) is 0.750. The lowest BCUT2D eigenvalue weighted by Gasteiger charge is -2.22. The van der Waals surface area contributed by atoms with Crippen LogP contribution in [-0.2, 0) is 9.59 Å². The van der Waals surface area contributed by atoms with E-state index >= 15 is 0 Å². The van der Waals surface area contributed by atoms with Gasteiger partial charge in [-0.25, -0.2) is 0 Å². The summed E-state index contributed by atoms with van der Waals surface area (Å²) in [5.41, 5.74) is 5.16. The second kappa shape index (κ2) is 6.33. The van der Waals surface area contributed by atoms with Crippen LogP contribution in [0.3, 0.4) is 0 Å². The molecule has 0 fully saturated rings. The smallest absolute Gasteiger partial charge is 0.311 e. The molecule has 0 aromatic rings. The van der Waals surface area contributed by atoms with Crippen molar-refractivity contribution in [2.24, 2.45) is 5.73 Å². The third-order valence-electron chi connectivity index (χ3n) is 1.87. The van der Waals surface area contributed by atoms with Gasteiger partial charge in [-0.05, 0) is 6.92 Å². The molecular weight excluding hydrogens is 186 g/mol. The molecule has 1 unspecified atom stereocenters. The minimum Gasteiger partial charge on any atom is -0.394 e. The first kappa shape index (κ1) is 12.9. The number of nitrogens with zero attached hydrogens (tertiary/aromatic N) is 1. The molecule has 0 aliphatic heterocycles. The average molecular weight is 203 g/mol. The summed E-state index contributed by atoms with van der Waals surface area (Å²) in [6.07, 6.45) is 0. The summed E-state index contributed by atoms with van der Waals surface area (Å²) in [6.45, 7) is 2.03. The van der Waals surface area contributed by atoms with Gasteiger partial charge in [0.05, 0.1) is 12.6 Å². The number of rotatable bonds is 4. The molecule has 0 saturated carbocycles. The van der Waals surface area contributed by atoms with Gasteiger partial charge in [0, 0.05) is 20.1 Å². The standard InChI is InChI=1S/C8H17N3O3/c1-6(5-12)11(2)8(14)7(13)10-4-3-9/h6,12H,3-5,9H2,1-2H3,(H,10,13). The molecule has 0 aromatic carbocycles. The van der Waals surface area contributed by atoms with Crippen LogP contribution in [0.5, 0.6) is 0 Å². The van der Waals surface area contributed by atoms with Crippen molar-refractivity contribution < 1.29 is 14.7 Å². The van der Waals surface area contributed by atoms with Gasteiger partial charge in [0.15, 0.2) is 0 Å². The molecule has 0 heterocycles. The van der Waals surface area contributed by atoms with Crippen LogP contribution in [0.4, 0.5) is 0 Å². The zero-order valence-corrected chi connectivity index (χ0v) is 8.49. The van der Waals surface area contributed by atoms with Crippen molar-refractivity contribution in [1.29, 1.82) is 0 Å². The van der Waals surface area contributed by atoms with Gasteiger partial charge in [0.1, 0.15) is 0 Å². The number of carbonyl (C=O) groups excluding carboxylic acids is 2. The minimum absolute atomic E-state index is 0.174. The van der Waals surface area contributed by atoms with Crippen LogP contribution in [0.15, 0.2) is 0 Å². The Morgan fingerprint density at radius 3 is 2.57 bits per heavy atom. The summed E-state index contributed by atoms with van der Waals surface area (Å²) in [4.78, 5) is 23.6. The zero-order chi connectivity index (χ0) is 11.1. The molecule has 0 rings (SSSR count). The van der Waals surface area contributed by atoms with Crippen molar-refractivity contribution >= 4 is 11.8 Å². The van der Waals surface area contributed by atoms with E-state index in [0.717, 1.165) is 0 Å². The number of likely N-dealkylation sites (N-methyl/N-ethyl adjacent to an activating group) is 1. The number of hydrogen-bond donors (Lipinski definition) is 3. The minimum atomic E-state index is -0.696. The fourth-order valence-electron chi connectivity index (χ4n) is 0.744. The molecule has 0 saturated heterocycles. The Hall–Kier alpha value is -1.14. The van der Waals surface area contributed by atoms with E-state index in [2.05, 4.69) is 5.32 Å². The van der Waals surface area contributed by atoms with Crippen LogP contribution >= 0.6 is 0 Å². The first-order chi connectivity index (χ1) is 6.54. The SMILES string of the molecule is CC(CO)N(C)C(=O)C(=O)NCCN. The van der Waals surface area contributed by atoms with E-state index in [-0.39, 0.29) is 25.7 Å². The molecule has 4 N–H and O–H groups in total. The van der Waals surface area contributed by atoms with Crippen molar-refractivity contribution in [2.75, 3.05) is 26.7 Å². The topological polar surface area (TPSA) is 95.7 Å². The molecule has 0 radical (unpaired) electrons. The molecule has 0 bridgehead atoms. The highest BCUT2D eigenvalue weighted by Gasteiger charge is 2.21. The third kappa shape index (κ3) is 3.71. The Morgan fingerprint density at radius 2 is 2.14 bits per heavy atom. The van der Waals surface area contributed by atoms with Crippen LogP contribution in [0.1, 0.15) is 6.92 Å². The normalized spacial score (nSPS) is 12.0. The van der Waals surface area contributed by atoms with E-state index in [1.54, 1.807) is 6.92 Å². The maximum Gasteiger partial charge on any atom is 0.311 e. The van der Waals surface area contributed by atoms with Crippen LogP contribution in [0.2, 0.25) is 0 Å². The number of nitrogens with two attached hydrogens (primary N) is 1. The summed E-state index contributed by atoms with van der Waals surface area (Å²) < 4.78 is 0. The van der Waals surface area contributed by atoms with E-state index in [9.17, 15) is 9.59 Å². The maximum absolute atomic E-state index is 11.3. The summed E-state index contributed by atoms with van der Waals surface area (Å²) in [5.74, 6) is -1.36. The maximum atomic E-state index is 11.3. The van der Waals surface area contributed by atoms with Gasteiger partial charge in [-0.3, -0.25) is 9.59 Å². The van der Waals surface area contributed by atoms with E-state index in [4.69, 9.17) is 10.8 Å². The largest absolute Gasteiger partial charge is 0.394 e. The lowest BCUT2D eigenvalue weighted by Crippen LogP contribution is -2.46. The second-order valence-corrected chi connectivity index (χ2v) is 2.99. The van der Waals surface area contributed by atoms with Gasteiger partial charge in [-0.1, -0.05) is 0 Å². The molecule has 0 aliphatic carbocycles. The Balaban J connectivity index is 4.10. The number of nitrogens with one attached hydrogen (secondary N) is 1. The summed E-state index contributed by atoms with van der Waals surface area (Å²) in [7, 11) is 1.46. The fourth-order valence-corrected chi connectivity index (χ4v) is 0.744. The second-order valence-electron chi connectivity index (χ2n) is 2.99. The molecule has 14 heavy (non-hydrogen) atoms. The Labute approximate surface area is 83.1 Å². The summed E-state index contributed by atoms with van der Waals surface area (Å²) in [6, 6.07) is -0.369. The Bertz CT molecular complexity index is 208. The first-order valence-electron chi connectivity index (χ1n) is 4.40. The van der Waals surface area contributed by atoms with E-state index in [0.29, 0.717) is 0 Å². The summed E-state index contributed by atoms with van der Waals surface area (Å²) >= 11 is 0. The predicted octanol–water partition coefficient (Wildman–Crippen LogP) is -2.10. The monoisotopic (exact) mass is 203 g/mol. The van der Waals surface area contributed by atoms with Gasteiger partial charge in [0.25, 0.3) is 0 Å². The van der Waals surface area contributed by atoms with Crippen LogP contribution in [-0.4, -0.2) is 54.6 Å². The van der Waals surface area contributed by atoms with Crippen molar-refractivity contribution in [2.45, 2.75) is 13.0 Å². The van der Waals surface area contributed by atoms with Gasteiger partial charge in [-0.2, -0.15) is 0 Å². The number of aliphatic hydroxyl groups excluding tert-OH is 1. The van der Waals surface area contributed by atoms with Crippen molar-refractivity contribution in [3.8, 4) is 0 Å². The van der Waals surface area contributed by atoms with Crippen LogP contribution in [0, 0.1) is 0 Å². The third-order valence-corrected chi connectivity index (χ3v) is 1.87. The summed E-state index contributed by atoms with van der Waals surface area (Å²) in [5, 5.41) is 11.1. The Kier molecular flexibility index (Phi) is 5.82. The molecular formula is C8H17N3O3. The van der Waals surface area contributed by atoms with E-state index < -0.39 is 11.8 Å². The van der Waals surface area contributed by atoms with Crippen LogP contribution in [0.25, 0.3) is 0 Å². The lowest BCUT2D eigenvalue weighted by atomic mass is 10.3. The van der Waals surface area contributed by atoms with Gasteiger partial charge in [0.2, 0.25) is 0 Å². The molecule has 0 aliphatic rings. The van der Waals surface area contributed by atoms with E-state index in [1.807, 2.05) is 0 Å². The number of carbonyl (C=O) groups is 2. The van der Waals surface area contributed by atoms with E-state index in [1.165, 1.54) is 11.9 Å². The number of amides is 2. The molecule has 0 spiro atoms. The molecule has 1 atom stereocenters. The number of aliphatic hydroxyl groups is 1. The quantitative estimate of drug-likeness (QED) is 0.456. The van der Waals surface area contributed by atoms with Crippen molar-refractivity contribution in [3.63, 3.8) is 0 Å². The molecule has 2 amide bonds. The molecule has 82 valence electrons. The van der Waals surface area contributed by atoms with Crippen molar-refractivity contribution in [3.05, 3.63) is 0 Å². The van der Waals surface area contributed by atoms with Crippen LogP contribution < -0.4 is 11.1 Å². The average Bonchev–Trinajstić information content (AvgIpc) is 2.22. The number of hydrogen-bond acceptors (Lipinski definition) is 4. The molecule has 0 aromatic heterocycles. The first-order valence-corrected chi connectivity index (χ1v) is 4.40.